The van der Waals surface area contributed by atoms with E-state index in [9.17, 15) is 9.90 Å². The molecule has 0 aliphatic carbocycles. The van der Waals surface area contributed by atoms with E-state index in [1.807, 2.05) is 53.7 Å². The minimum absolute atomic E-state index is 0.0615. The summed E-state index contributed by atoms with van der Waals surface area (Å²) in [6, 6.07) is 7.28. The molecule has 0 saturated heterocycles. The summed E-state index contributed by atoms with van der Waals surface area (Å²) < 4.78 is 0. The fraction of sp³-hybridized carbons (Fsp3) is 0.435. The van der Waals surface area contributed by atoms with E-state index in [-0.39, 0.29) is 28.9 Å². The van der Waals surface area contributed by atoms with Crippen LogP contribution in [0.5, 0.6) is 5.75 Å². The van der Waals surface area contributed by atoms with Gasteiger partial charge in [-0.15, -0.1) is 0 Å². The van der Waals surface area contributed by atoms with Gasteiger partial charge in [0.05, 0.1) is 18.8 Å². The summed E-state index contributed by atoms with van der Waals surface area (Å²) in [5, 5.41) is 19.2. The number of hydrogen-bond acceptors (Lipinski definition) is 4. The van der Waals surface area contributed by atoms with Gasteiger partial charge in [-0.2, -0.15) is 0 Å². The average molecular weight is 380 g/mol. The third-order valence-corrected chi connectivity index (χ3v) is 5.18. The number of carbonyl (C=O) groups is 1. The quantitative estimate of drug-likeness (QED) is 0.775. The molecule has 0 atom stereocenters. The van der Waals surface area contributed by atoms with Gasteiger partial charge in [-0.1, -0.05) is 41.5 Å². The first-order valence-corrected chi connectivity index (χ1v) is 9.58. The largest absolute Gasteiger partial charge is 0.507 e. The molecule has 0 saturated carbocycles. The second-order valence-electron chi connectivity index (χ2n) is 9.55. The molecule has 5 nitrogen and oxygen atoms in total. The standard InChI is InChI=1S/C23H29N3O2/c1-22(2,3)16-10-14(11-17(20(16)28)23(4,5)6)19(27)13-26-12-18-15(21(26)24)8-7-9-25-18/h7-11,24,28H,12-13H2,1-6H3. The normalized spacial score (nSPS) is 14.4. The van der Waals surface area contributed by atoms with Gasteiger partial charge in [-0.25, -0.2) is 0 Å². The van der Waals surface area contributed by atoms with Gasteiger partial charge in [0.1, 0.15) is 11.6 Å². The van der Waals surface area contributed by atoms with Crippen LogP contribution in [0, 0.1) is 5.41 Å². The third kappa shape index (κ3) is 3.66. The van der Waals surface area contributed by atoms with Gasteiger partial charge in [0.25, 0.3) is 0 Å². The van der Waals surface area contributed by atoms with Crippen LogP contribution in [0.25, 0.3) is 0 Å². The van der Waals surface area contributed by atoms with Crippen molar-refractivity contribution in [1.82, 2.24) is 9.88 Å². The van der Waals surface area contributed by atoms with Crippen molar-refractivity contribution < 1.29 is 9.90 Å². The van der Waals surface area contributed by atoms with E-state index < -0.39 is 0 Å². The molecule has 0 bridgehead atoms. The number of phenols is 1. The zero-order valence-corrected chi connectivity index (χ0v) is 17.6. The number of fused-ring (bicyclic) bond motifs is 1. The molecule has 148 valence electrons. The molecule has 1 aromatic heterocycles. The lowest BCUT2D eigenvalue weighted by atomic mass is 9.78. The molecular weight excluding hydrogens is 350 g/mol. The van der Waals surface area contributed by atoms with Crippen LogP contribution < -0.4 is 0 Å². The number of amidine groups is 1. The SMILES string of the molecule is CC(C)(C)c1cc(C(=O)CN2Cc3ncccc3C2=N)cc(C(C)(C)C)c1O. The number of aromatic nitrogens is 1. The number of hydrogen-bond donors (Lipinski definition) is 2. The molecule has 0 radical (unpaired) electrons. The Kier molecular flexibility index (Phi) is 4.82. The van der Waals surface area contributed by atoms with Crippen molar-refractivity contribution in [3.8, 4) is 5.75 Å². The van der Waals surface area contributed by atoms with Gasteiger partial charge in [-0.3, -0.25) is 15.2 Å². The van der Waals surface area contributed by atoms with E-state index in [4.69, 9.17) is 5.41 Å². The van der Waals surface area contributed by atoms with Crippen LogP contribution in [-0.4, -0.2) is 33.2 Å². The number of Topliss-reactive ketones (excluding diaryl/α,β-unsaturated/α-hetero) is 1. The number of carbonyl (C=O) groups excluding carboxylic acids is 1. The molecule has 2 aromatic rings. The molecule has 1 aromatic carbocycles. The third-order valence-electron chi connectivity index (χ3n) is 5.18. The molecule has 0 fully saturated rings. The van der Waals surface area contributed by atoms with Gasteiger partial charge in [0, 0.05) is 28.5 Å². The minimum Gasteiger partial charge on any atom is -0.507 e. The maximum absolute atomic E-state index is 13.1. The van der Waals surface area contributed by atoms with E-state index in [1.165, 1.54) is 0 Å². The number of phenolic OH excluding ortho intramolecular Hbond substituents is 1. The zero-order valence-electron chi connectivity index (χ0n) is 17.6. The molecule has 0 unspecified atom stereocenters. The second kappa shape index (κ2) is 6.73. The summed E-state index contributed by atoms with van der Waals surface area (Å²) in [7, 11) is 0. The highest BCUT2D eigenvalue weighted by Crippen LogP contribution is 2.40. The Balaban J connectivity index is 1.95. The fourth-order valence-electron chi connectivity index (χ4n) is 3.55. The summed E-state index contributed by atoms with van der Waals surface area (Å²) >= 11 is 0. The van der Waals surface area contributed by atoms with E-state index in [0.717, 1.165) is 22.4 Å². The lowest BCUT2D eigenvalue weighted by Crippen LogP contribution is -2.30. The summed E-state index contributed by atoms with van der Waals surface area (Å²) in [4.78, 5) is 19.2. The van der Waals surface area contributed by atoms with Crippen LogP contribution in [-0.2, 0) is 17.4 Å². The molecule has 1 aliphatic heterocycles. The van der Waals surface area contributed by atoms with Crippen LogP contribution in [0.3, 0.4) is 0 Å². The van der Waals surface area contributed by atoms with Crippen LogP contribution in [0.4, 0.5) is 0 Å². The molecule has 2 N–H and O–H groups in total. The number of rotatable bonds is 3. The number of benzene rings is 1. The van der Waals surface area contributed by atoms with Gasteiger partial charge in [-0.05, 0) is 35.1 Å². The Labute approximate surface area is 166 Å². The van der Waals surface area contributed by atoms with Crippen LogP contribution in [0.15, 0.2) is 30.5 Å². The Morgan fingerprint density at radius 2 is 1.71 bits per heavy atom. The highest BCUT2D eigenvalue weighted by atomic mass is 16.3. The van der Waals surface area contributed by atoms with Crippen LogP contribution in [0.2, 0.25) is 0 Å². The second-order valence-corrected chi connectivity index (χ2v) is 9.55. The van der Waals surface area contributed by atoms with Crippen molar-refractivity contribution in [3.05, 3.63) is 58.4 Å². The van der Waals surface area contributed by atoms with Gasteiger partial charge in [0.15, 0.2) is 5.78 Å². The summed E-state index contributed by atoms with van der Waals surface area (Å²) in [6.45, 7) is 12.8. The number of pyridine rings is 1. The molecule has 28 heavy (non-hydrogen) atoms. The van der Waals surface area contributed by atoms with E-state index in [1.54, 1.807) is 23.2 Å². The molecule has 0 amide bonds. The smallest absolute Gasteiger partial charge is 0.182 e. The van der Waals surface area contributed by atoms with Crippen molar-refractivity contribution in [2.45, 2.75) is 58.9 Å². The first-order valence-electron chi connectivity index (χ1n) is 9.58. The highest BCUT2D eigenvalue weighted by molar-refractivity contribution is 6.05. The molecular formula is C23H29N3O2. The van der Waals surface area contributed by atoms with E-state index >= 15 is 0 Å². The first-order chi connectivity index (χ1) is 12.9. The number of aromatic hydroxyl groups is 1. The Bertz CT molecular complexity index is 914. The average Bonchev–Trinajstić information content (AvgIpc) is 2.89. The molecule has 1 aliphatic rings. The monoisotopic (exact) mass is 379 g/mol. The van der Waals surface area contributed by atoms with Crippen molar-refractivity contribution in [3.63, 3.8) is 0 Å². The lowest BCUT2D eigenvalue weighted by molar-refractivity contribution is 0.0962. The maximum Gasteiger partial charge on any atom is 0.182 e. The highest BCUT2D eigenvalue weighted by Gasteiger charge is 2.30. The maximum atomic E-state index is 13.1. The van der Waals surface area contributed by atoms with E-state index in [0.29, 0.717) is 17.9 Å². The number of ketones is 1. The topological polar surface area (TPSA) is 77.3 Å². The Morgan fingerprint density at radius 3 is 2.21 bits per heavy atom. The van der Waals surface area contributed by atoms with Crippen molar-refractivity contribution in [1.29, 1.82) is 5.41 Å². The predicted octanol–water partition coefficient (Wildman–Crippen LogP) is 4.41. The predicted molar refractivity (Wildman–Crippen MR) is 111 cm³/mol. The molecule has 5 heteroatoms. The Morgan fingerprint density at radius 1 is 1.14 bits per heavy atom. The Hall–Kier alpha value is -2.69. The number of nitrogens with one attached hydrogen (secondary N) is 1. The fourth-order valence-corrected chi connectivity index (χ4v) is 3.55. The van der Waals surface area contributed by atoms with Crippen LogP contribution >= 0.6 is 0 Å². The van der Waals surface area contributed by atoms with Gasteiger partial charge >= 0.3 is 0 Å². The molecule has 2 heterocycles. The molecule has 0 spiro atoms. The first kappa shape index (κ1) is 20.1. The molecule has 3 rings (SSSR count). The van der Waals surface area contributed by atoms with Gasteiger partial charge in [0.2, 0.25) is 0 Å². The summed E-state index contributed by atoms with van der Waals surface area (Å²) in [5.41, 5.74) is 3.14. The van der Waals surface area contributed by atoms with Gasteiger partial charge < -0.3 is 10.0 Å². The van der Waals surface area contributed by atoms with Crippen molar-refractivity contribution >= 4 is 11.6 Å². The van der Waals surface area contributed by atoms with Crippen LogP contribution in [0.1, 0.15) is 74.3 Å². The minimum atomic E-state index is -0.291. The lowest BCUT2D eigenvalue weighted by Gasteiger charge is -2.28. The van der Waals surface area contributed by atoms with E-state index in [2.05, 4.69) is 4.98 Å². The van der Waals surface area contributed by atoms with Crippen molar-refractivity contribution in [2.24, 2.45) is 0 Å². The summed E-state index contributed by atoms with van der Waals surface area (Å²) in [5.74, 6) is 0.540. The zero-order chi connectivity index (χ0) is 20.9. The van der Waals surface area contributed by atoms with Crippen molar-refractivity contribution in [2.75, 3.05) is 6.54 Å². The summed E-state index contributed by atoms with van der Waals surface area (Å²) in [6.07, 6.45) is 1.71. The number of nitrogens with zero attached hydrogens (tertiary/aromatic N) is 2.